The summed E-state index contributed by atoms with van der Waals surface area (Å²) in [5.41, 5.74) is 19.3. The summed E-state index contributed by atoms with van der Waals surface area (Å²) < 4.78 is 76.7. The van der Waals surface area contributed by atoms with Crippen molar-refractivity contribution < 1.29 is 75.4 Å². The SMILES string of the molecule is CC(C)C1[C-]=CC(C(C)(C)C)=C1.Cc1cc(C)c(-c2[c-]c3c(cc2)-c2ccc(-c4c(C)cc(C)cc4C)cc2C3)c(C)c1.FC(F)(F)c1cccc([C](=[Zr+2])c2cccc(C(F)(F)F)c2)c1.[Cl-].[Cl-]. The second-order valence-electron chi connectivity index (χ2n) is 18.8. The number of allylic oxidation sites excluding steroid dienone is 4. The van der Waals surface area contributed by atoms with E-state index in [1.807, 2.05) is 0 Å². The van der Waals surface area contributed by atoms with Crippen LogP contribution in [0, 0.1) is 70.9 Å². The number of hydrogen-bond donors (Lipinski definition) is 0. The number of halogens is 8. The number of rotatable bonds is 5. The minimum absolute atomic E-state index is 0. The Labute approximate surface area is 421 Å². The van der Waals surface area contributed by atoms with Crippen LogP contribution in [0.1, 0.15) is 101 Å². The topological polar surface area (TPSA) is 0 Å². The van der Waals surface area contributed by atoms with E-state index in [2.05, 4.69) is 155 Å². The first kappa shape index (κ1) is 55.3. The average molecular weight is 1030 g/mol. The zero-order valence-electron chi connectivity index (χ0n) is 39.9. The Bertz CT molecular complexity index is 2610. The summed E-state index contributed by atoms with van der Waals surface area (Å²) in [4.78, 5) is 0. The van der Waals surface area contributed by atoms with Crippen LogP contribution in [0.15, 0.2) is 121 Å². The van der Waals surface area contributed by atoms with Crippen molar-refractivity contribution in [2.75, 3.05) is 0 Å². The van der Waals surface area contributed by atoms with Gasteiger partial charge in [0.1, 0.15) is 0 Å². The predicted octanol–water partition coefficient (Wildman–Crippen LogP) is 10.7. The van der Waals surface area contributed by atoms with E-state index in [9.17, 15) is 26.3 Å². The van der Waals surface area contributed by atoms with Gasteiger partial charge in [0.2, 0.25) is 0 Å². The number of aryl methyl sites for hydroxylation is 6. The van der Waals surface area contributed by atoms with Gasteiger partial charge >= 0.3 is 137 Å². The molecule has 0 heterocycles. The molecule has 8 rings (SSSR count). The van der Waals surface area contributed by atoms with Gasteiger partial charge in [-0.3, -0.25) is 6.08 Å². The number of hydrogen-bond acceptors (Lipinski definition) is 0. The van der Waals surface area contributed by atoms with Crippen molar-refractivity contribution in [1.29, 1.82) is 0 Å². The first-order valence-corrected chi connectivity index (χ1v) is 23.1. The van der Waals surface area contributed by atoms with Gasteiger partial charge in [-0.2, -0.15) is 11.6 Å². The van der Waals surface area contributed by atoms with Crippen LogP contribution in [0.4, 0.5) is 26.3 Å². The van der Waals surface area contributed by atoms with Crippen molar-refractivity contribution in [1.82, 2.24) is 0 Å². The van der Waals surface area contributed by atoms with Gasteiger partial charge in [0.15, 0.2) is 0 Å². The Morgan fingerprint density at radius 3 is 1.52 bits per heavy atom. The Kier molecular flexibility index (Phi) is 18.2. The normalized spacial score (nSPS) is 13.9. The maximum Gasteiger partial charge on any atom is -1.00 e. The van der Waals surface area contributed by atoms with Crippen LogP contribution in [0.25, 0.3) is 33.4 Å². The van der Waals surface area contributed by atoms with Crippen LogP contribution in [0.5, 0.6) is 0 Å². The molecule has 0 amide bonds. The maximum absolute atomic E-state index is 12.7. The molecule has 1 atom stereocenters. The van der Waals surface area contributed by atoms with Crippen molar-refractivity contribution in [3.05, 3.63) is 200 Å². The van der Waals surface area contributed by atoms with E-state index in [1.54, 1.807) is 0 Å². The van der Waals surface area contributed by atoms with E-state index in [1.165, 1.54) is 108 Å². The quantitative estimate of drug-likeness (QED) is 0.119. The second-order valence-corrected chi connectivity index (χ2v) is 20.1. The maximum atomic E-state index is 12.7. The Balaban J connectivity index is 0.000000238. The molecule has 0 saturated carbocycles. The molecule has 0 aromatic heterocycles. The summed E-state index contributed by atoms with van der Waals surface area (Å²) in [6.45, 7) is 24.5. The van der Waals surface area contributed by atoms with E-state index in [-0.39, 0.29) is 41.4 Å². The molecule has 0 saturated heterocycles. The largest absolute Gasteiger partial charge is 1.00 e. The minimum atomic E-state index is -4.49. The van der Waals surface area contributed by atoms with Crippen LogP contribution in [-0.4, -0.2) is 3.21 Å². The summed E-state index contributed by atoms with van der Waals surface area (Å²) in [6.07, 6.45) is -0.109. The summed E-state index contributed by atoms with van der Waals surface area (Å²) in [5, 5.41) is 0. The van der Waals surface area contributed by atoms with Crippen LogP contribution in [0.2, 0.25) is 0 Å². The average Bonchev–Trinajstić information content (AvgIpc) is 3.86. The van der Waals surface area contributed by atoms with Gasteiger partial charge in [0.05, 0.1) is 0 Å². The Morgan fingerprint density at radius 2 is 1.09 bits per heavy atom. The van der Waals surface area contributed by atoms with Gasteiger partial charge < -0.3 is 24.8 Å². The molecule has 6 aromatic carbocycles. The Hall–Kier alpha value is -4.29. The van der Waals surface area contributed by atoms with Crippen molar-refractivity contribution in [3.8, 4) is 33.4 Å². The third-order valence-corrected chi connectivity index (χ3v) is 13.5. The number of alkyl halides is 6. The van der Waals surface area contributed by atoms with Gasteiger partial charge in [-0.25, -0.2) is 6.08 Å². The number of benzene rings is 6. The first-order valence-electron chi connectivity index (χ1n) is 21.9. The molecule has 0 radical (unpaired) electrons. The molecule has 2 aliphatic rings. The molecule has 2 aliphatic carbocycles. The molecule has 350 valence electrons. The fourth-order valence-electron chi connectivity index (χ4n) is 8.86. The van der Waals surface area contributed by atoms with Crippen LogP contribution in [0.3, 0.4) is 0 Å². The molecule has 9 heteroatoms. The molecule has 0 N–H and O–H groups in total. The standard InChI is InChI=1S/C31H29.C15H8F6.C12H19.2ClH.Zr/c1-18-11-20(3)30(21(4)12-18)24-7-9-28-26(15-24)17-27-16-25(8-10-29(27)28)31-22(5)13-19(2)14-23(31)6;16-14(17,18)12-5-1-3-10(8-12)7-11-4-2-6-13(9-11)15(19,20)21;1-9(2)10-6-7-11(8-10)12(3,4)5;;;/h7-15H,17H2,1-6H3;1-6,8-9H;7-10H,1-5H3;2*1H;/q-1;;-1;;;+2/p-2. The molecule has 0 fully saturated rings. The van der Waals surface area contributed by atoms with Crippen molar-refractivity contribution in [2.45, 2.75) is 94.9 Å². The van der Waals surface area contributed by atoms with Gasteiger partial charge in [0.25, 0.3) is 0 Å². The zero-order valence-corrected chi connectivity index (χ0v) is 43.8. The van der Waals surface area contributed by atoms with E-state index in [0.29, 0.717) is 15.0 Å². The third-order valence-electron chi connectivity index (χ3n) is 12.0. The zero-order chi connectivity index (χ0) is 47.8. The smallest absolute Gasteiger partial charge is 1.00 e. The second kappa shape index (κ2) is 22.0. The van der Waals surface area contributed by atoms with Gasteiger partial charge in [-0.1, -0.05) is 133 Å². The van der Waals surface area contributed by atoms with Gasteiger partial charge in [-0.05, 0) is 75.8 Å². The molecule has 0 aliphatic heterocycles. The monoisotopic (exact) mass is 1030 g/mol. The summed E-state index contributed by atoms with van der Waals surface area (Å²) in [5.74, 6) is 1.22. The van der Waals surface area contributed by atoms with Crippen LogP contribution >= 0.6 is 0 Å². The van der Waals surface area contributed by atoms with Crippen LogP contribution < -0.4 is 24.8 Å². The van der Waals surface area contributed by atoms with Gasteiger partial charge in [-0.15, -0.1) is 29.3 Å². The fourth-order valence-corrected chi connectivity index (χ4v) is 9.63. The molecule has 67 heavy (non-hydrogen) atoms. The van der Waals surface area contributed by atoms with E-state index >= 15 is 0 Å². The molecule has 0 nitrogen and oxygen atoms in total. The van der Waals surface area contributed by atoms with E-state index < -0.39 is 23.5 Å². The predicted molar refractivity (Wildman–Crippen MR) is 253 cm³/mol. The molecule has 0 spiro atoms. The molecular weight excluding hydrogens is 973 g/mol. The molecule has 6 aromatic rings. The molecule has 1 unspecified atom stereocenters. The van der Waals surface area contributed by atoms with E-state index in [0.717, 1.165) is 54.9 Å². The summed E-state index contributed by atoms with van der Waals surface area (Å²) in [6, 6.07) is 33.6. The van der Waals surface area contributed by atoms with Crippen LogP contribution in [-0.2, 0) is 43.0 Å². The first-order chi connectivity index (χ1) is 30.3. The van der Waals surface area contributed by atoms with Crippen molar-refractivity contribution >= 4 is 3.21 Å². The summed E-state index contributed by atoms with van der Waals surface area (Å²) >= 11 is 0.729. The Morgan fingerprint density at radius 1 is 0.612 bits per heavy atom. The van der Waals surface area contributed by atoms with E-state index in [4.69, 9.17) is 0 Å². The van der Waals surface area contributed by atoms with Crippen molar-refractivity contribution in [3.63, 3.8) is 0 Å². The molecule has 0 bridgehead atoms. The molecular formula is C58H56Cl2F6Zr-2. The number of fused-ring (bicyclic) bond motifs is 3. The third kappa shape index (κ3) is 13.3. The van der Waals surface area contributed by atoms with Crippen molar-refractivity contribution in [2.24, 2.45) is 17.3 Å². The fraction of sp³-hybridized carbons (Fsp3) is 0.293. The van der Waals surface area contributed by atoms with Gasteiger partial charge in [0, 0.05) is 0 Å². The minimum Gasteiger partial charge on any atom is -1.00 e. The summed E-state index contributed by atoms with van der Waals surface area (Å²) in [7, 11) is 0.